The van der Waals surface area contributed by atoms with E-state index >= 15 is 0 Å². The molecule has 7 amide bonds. The molecule has 0 saturated heterocycles. The van der Waals surface area contributed by atoms with Crippen molar-refractivity contribution in [2.45, 2.75) is 69.1 Å². The molecular weight excluding hydrogens is 1090 g/mol. The Kier molecular flexibility index (Phi) is 37.6. The van der Waals surface area contributed by atoms with Gasteiger partial charge in [-0.3, -0.25) is 43.2 Å². The average Bonchev–Trinajstić information content (AvgIpc) is 3.43. The number of hydrogen-bond acceptors (Lipinski definition) is 21. The second-order valence-electron chi connectivity index (χ2n) is 17.0. The van der Waals surface area contributed by atoms with E-state index in [1.54, 1.807) is 30.3 Å². The number of carboxylic acid groups (broad SMARTS) is 1. The number of carbonyl (C=O) groups is 9. The molecule has 2 aromatic rings. The zero-order chi connectivity index (χ0) is 59.4. The van der Waals surface area contributed by atoms with E-state index in [-0.39, 0.29) is 83.1 Å². The van der Waals surface area contributed by atoms with Gasteiger partial charge in [-0.1, -0.05) is 42.2 Å². The van der Waals surface area contributed by atoms with Crippen molar-refractivity contribution in [3.8, 4) is 11.8 Å². The van der Waals surface area contributed by atoms with E-state index < -0.39 is 102 Å². The van der Waals surface area contributed by atoms with Gasteiger partial charge in [0, 0.05) is 57.8 Å². The molecule has 0 radical (unpaired) electrons. The number of ether oxygens (including phenoxy) is 8. The van der Waals surface area contributed by atoms with Gasteiger partial charge < -0.3 is 80.2 Å². The fraction of sp³-hybridized carbons (Fsp3) is 0.588. The minimum atomic E-state index is -3.58. The SMILES string of the molecule is CC(=O)OCNC(=O)CNC(=O)[C@H](Cc1ccccc1)NC(=O)CNC(=O)CNC(=O)CC[C@H](NC(=O)CCCC#Cc1cnc(S(C)(=O)=O)nc1)C(=O)NCCOCCOCCOCCOCCOCCOCCOCCC(=O)O. The standard InChI is InChI=1S/C51H75N9O20S/c1-38(61)80-37-58-46(65)35-55-50(70)42(31-39-9-5-3-6-10-39)60-47(66)36-54-45(64)34-53-43(62)14-13-41(59-44(63)12-8-4-7-11-40-32-56-51(57-33-40)81(2,71)72)49(69)52-16-18-74-20-22-76-24-26-78-28-30-79-29-27-77-25-23-75-21-19-73-17-15-48(67)68/h3,5-6,9-10,32-33,41-42H,4,8,12-31,34-37H2,1-2H3,(H,52,69)(H,53,62)(H,54,64)(H,55,70)(H,58,65)(H,59,63)(H,60,66)(H,67,68)/t41-,42-/m0/s1. The van der Waals surface area contributed by atoms with Gasteiger partial charge in [0.2, 0.25) is 56.3 Å². The first-order valence-electron chi connectivity index (χ1n) is 25.8. The monoisotopic (exact) mass is 1170 g/mol. The maximum absolute atomic E-state index is 13.3. The molecule has 0 aliphatic heterocycles. The molecule has 81 heavy (non-hydrogen) atoms. The molecule has 0 bridgehead atoms. The van der Waals surface area contributed by atoms with Crippen LogP contribution in [0.3, 0.4) is 0 Å². The van der Waals surface area contributed by atoms with Gasteiger partial charge in [0.05, 0.1) is 124 Å². The zero-order valence-electron chi connectivity index (χ0n) is 45.6. The van der Waals surface area contributed by atoms with Crippen LogP contribution in [0.1, 0.15) is 56.6 Å². The number of benzene rings is 1. The molecule has 0 aliphatic rings. The molecule has 30 heteroatoms. The number of hydrogen-bond donors (Lipinski definition) is 8. The molecule has 0 spiro atoms. The van der Waals surface area contributed by atoms with Crippen LogP contribution in [0.4, 0.5) is 0 Å². The molecular formula is C51H75N9O20S. The summed E-state index contributed by atoms with van der Waals surface area (Å²) >= 11 is 0. The van der Waals surface area contributed by atoms with Gasteiger partial charge in [-0.05, 0) is 18.4 Å². The molecule has 0 unspecified atom stereocenters. The Morgan fingerprint density at radius 2 is 1.06 bits per heavy atom. The van der Waals surface area contributed by atoms with Crippen molar-refractivity contribution in [1.82, 2.24) is 47.2 Å². The van der Waals surface area contributed by atoms with Gasteiger partial charge in [0.1, 0.15) is 12.1 Å². The molecule has 450 valence electrons. The smallest absolute Gasteiger partial charge is 0.305 e. The van der Waals surface area contributed by atoms with Crippen molar-refractivity contribution >= 4 is 63.1 Å². The van der Waals surface area contributed by atoms with E-state index in [1.807, 2.05) is 0 Å². The van der Waals surface area contributed by atoms with Gasteiger partial charge in [-0.15, -0.1) is 0 Å². The molecule has 1 aromatic heterocycles. The van der Waals surface area contributed by atoms with Crippen molar-refractivity contribution in [2.24, 2.45) is 0 Å². The normalized spacial score (nSPS) is 11.6. The van der Waals surface area contributed by atoms with Gasteiger partial charge in [0.25, 0.3) is 0 Å². The molecule has 2 atom stereocenters. The van der Waals surface area contributed by atoms with E-state index in [1.165, 1.54) is 12.4 Å². The molecule has 0 fully saturated rings. The molecule has 8 N–H and O–H groups in total. The van der Waals surface area contributed by atoms with Crippen LogP contribution in [0.15, 0.2) is 47.9 Å². The highest BCUT2D eigenvalue weighted by atomic mass is 32.2. The van der Waals surface area contributed by atoms with Crippen molar-refractivity contribution in [3.05, 3.63) is 53.9 Å². The molecule has 29 nitrogen and oxygen atoms in total. The van der Waals surface area contributed by atoms with Crippen LogP contribution in [0.5, 0.6) is 0 Å². The number of esters is 1. The van der Waals surface area contributed by atoms with Crippen LogP contribution in [0.25, 0.3) is 0 Å². The second kappa shape index (κ2) is 43.5. The highest BCUT2D eigenvalue weighted by Gasteiger charge is 2.24. The van der Waals surface area contributed by atoms with Crippen molar-refractivity contribution in [1.29, 1.82) is 0 Å². The number of sulfone groups is 1. The van der Waals surface area contributed by atoms with Crippen molar-refractivity contribution in [3.63, 3.8) is 0 Å². The summed E-state index contributed by atoms with van der Waals surface area (Å²) in [4.78, 5) is 119. The summed E-state index contributed by atoms with van der Waals surface area (Å²) in [5, 5.41) is 25.5. The van der Waals surface area contributed by atoms with Crippen molar-refractivity contribution in [2.75, 3.05) is 132 Å². The summed E-state index contributed by atoms with van der Waals surface area (Å²) in [6, 6.07) is 6.36. The van der Waals surface area contributed by atoms with Crippen LogP contribution < -0.4 is 37.2 Å². The summed E-state index contributed by atoms with van der Waals surface area (Å²) in [6.45, 7) is 3.40. The zero-order valence-corrected chi connectivity index (χ0v) is 46.4. The van der Waals surface area contributed by atoms with E-state index in [9.17, 15) is 51.6 Å². The van der Waals surface area contributed by atoms with E-state index in [0.717, 1.165) is 13.2 Å². The number of aliphatic carboxylic acids is 1. The summed E-state index contributed by atoms with van der Waals surface area (Å²) in [6.07, 6.45) is 3.53. The maximum atomic E-state index is 13.3. The first kappa shape index (κ1) is 69.9. The predicted octanol–water partition coefficient (Wildman–Crippen LogP) is -2.91. The highest BCUT2D eigenvalue weighted by Crippen LogP contribution is 2.06. The number of nitrogens with one attached hydrogen (secondary N) is 7. The largest absolute Gasteiger partial charge is 0.481 e. The lowest BCUT2D eigenvalue weighted by Crippen LogP contribution is -2.52. The number of carbonyl (C=O) groups excluding carboxylic acids is 8. The Balaban J connectivity index is 1.76. The number of unbranched alkanes of at least 4 members (excludes halogenated alkanes) is 1. The third-order valence-electron chi connectivity index (χ3n) is 10.2. The highest BCUT2D eigenvalue weighted by molar-refractivity contribution is 7.90. The predicted molar refractivity (Wildman–Crippen MR) is 284 cm³/mol. The third kappa shape index (κ3) is 38.1. The molecule has 1 aromatic carbocycles. The summed E-state index contributed by atoms with van der Waals surface area (Å²) in [5.74, 6) is -0.531. The summed E-state index contributed by atoms with van der Waals surface area (Å²) < 4.78 is 65.7. The first-order valence-corrected chi connectivity index (χ1v) is 27.7. The van der Waals surface area contributed by atoms with Gasteiger partial charge >= 0.3 is 11.9 Å². The lowest BCUT2D eigenvalue weighted by Gasteiger charge is -2.19. The molecule has 2 rings (SSSR count). The van der Waals surface area contributed by atoms with Crippen LogP contribution in [-0.2, 0) is 97.3 Å². The summed E-state index contributed by atoms with van der Waals surface area (Å²) in [7, 11) is -3.58. The molecule has 0 aliphatic carbocycles. The number of amides is 7. The van der Waals surface area contributed by atoms with Gasteiger partial charge in [0.15, 0.2) is 6.73 Å². The van der Waals surface area contributed by atoms with Crippen LogP contribution in [-0.4, -0.2) is 221 Å². The Labute approximate surface area is 470 Å². The molecule has 1 heterocycles. The summed E-state index contributed by atoms with van der Waals surface area (Å²) in [5.41, 5.74) is 1.05. The lowest BCUT2D eigenvalue weighted by molar-refractivity contribution is -0.143. The topological polar surface area (TPSA) is 392 Å². The number of aromatic nitrogens is 2. The van der Waals surface area contributed by atoms with Gasteiger partial charge in [-0.2, -0.15) is 0 Å². The quantitative estimate of drug-likeness (QED) is 0.0108. The van der Waals surface area contributed by atoms with E-state index in [2.05, 4.69) is 63.8 Å². The Hall–Kier alpha value is -7.24. The van der Waals surface area contributed by atoms with E-state index in [4.69, 9.17) is 38.3 Å². The number of rotatable bonds is 45. The third-order valence-corrected chi connectivity index (χ3v) is 11.1. The van der Waals surface area contributed by atoms with Crippen LogP contribution in [0.2, 0.25) is 0 Å². The van der Waals surface area contributed by atoms with Crippen LogP contribution >= 0.6 is 0 Å². The number of nitrogens with zero attached hydrogens (tertiary/aromatic N) is 2. The van der Waals surface area contributed by atoms with E-state index in [0.29, 0.717) is 77.2 Å². The average molecular weight is 1170 g/mol. The Morgan fingerprint density at radius 1 is 0.568 bits per heavy atom. The second-order valence-corrected chi connectivity index (χ2v) is 18.9. The Bertz CT molecular complexity index is 2410. The first-order chi connectivity index (χ1) is 38.9. The fourth-order valence-electron chi connectivity index (χ4n) is 6.22. The Morgan fingerprint density at radius 3 is 1.62 bits per heavy atom. The number of carboxylic acids is 1. The molecule has 0 saturated carbocycles. The van der Waals surface area contributed by atoms with Crippen molar-refractivity contribution < 1.29 is 94.6 Å². The minimum Gasteiger partial charge on any atom is -0.481 e. The van der Waals surface area contributed by atoms with Crippen LogP contribution in [0, 0.1) is 11.8 Å². The maximum Gasteiger partial charge on any atom is 0.305 e. The minimum absolute atomic E-state index is 0.0356. The lowest BCUT2D eigenvalue weighted by atomic mass is 10.1. The fourth-order valence-corrected chi connectivity index (χ4v) is 6.71. The van der Waals surface area contributed by atoms with Gasteiger partial charge in [-0.25, -0.2) is 18.4 Å².